The van der Waals surface area contributed by atoms with Gasteiger partial charge in [0.2, 0.25) is 0 Å². The quantitative estimate of drug-likeness (QED) is 0.822. The molecule has 0 N–H and O–H groups in total. The van der Waals surface area contributed by atoms with Crippen LogP contribution in [-0.4, -0.2) is 24.4 Å². The van der Waals surface area contributed by atoms with Gasteiger partial charge in [-0.2, -0.15) is 0 Å². The largest absolute Gasteiger partial charge is 0.446 e. The van der Waals surface area contributed by atoms with Crippen molar-refractivity contribution >= 4 is 12.4 Å². The monoisotopic (exact) mass is 267 g/mol. The minimum atomic E-state index is -0.207. The first-order valence-electron chi connectivity index (χ1n) is 6.18. The van der Waals surface area contributed by atoms with Crippen molar-refractivity contribution in [2.75, 3.05) is 13.1 Å². The molecule has 2 aliphatic heterocycles. The minimum absolute atomic E-state index is 0. The molecule has 0 spiro atoms. The lowest BCUT2D eigenvalue weighted by molar-refractivity contribution is -0.146. The van der Waals surface area contributed by atoms with Crippen LogP contribution in [0.3, 0.4) is 0 Å². The first kappa shape index (κ1) is 13.2. The fourth-order valence-electron chi connectivity index (χ4n) is 2.60. The topological polar surface area (TPSA) is 21.7 Å². The smallest absolute Gasteiger partial charge is 0.303 e. The molecule has 98 valence electrons. The number of piperidine rings is 1. The summed E-state index contributed by atoms with van der Waals surface area (Å²) in [6, 6.07) is 10.7. The van der Waals surface area contributed by atoms with E-state index in [0.717, 1.165) is 13.1 Å². The maximum absolute atomic E-state index is 5.40. The molecular weight excluding hydrogens is 250 g/mol. The van der Waals surface area contributed by atoms with Crippen LogP contribution in [-0.2, 0) is 9.47 Å². The first-order chi connectivity index (χ1) is 8.43. The van der Waals surface area contributed by atoms with E-state index in [9.17, 15) is 0 Å². The van der Waals surface area contributed by atoms with Crippen molar-refractivity contribution in [2.24, 2.45) is 0 Å². The third-order valence-electron chi connectivity index (χ3n) is 3.47. The second-order valence-corrected chi connectivity index (χ2v) is 4.60. The minimum Gasteiger partial charge on any atom is -0.446 e. The van der Waals surface area contributed by atoms with E-state index in [1.165, 1.54) is 18.4 Å². The molecule has 0 aliphatic carbocycles. The molecule has 3 rings (SSSR count). The molecule has 1 atom stereocenters. The number of hydrogen-bond acceptors (Lipinski definition) is 3. The summed E-state index contributed by atoms with van der Waals surface area (Å²) in [5, 5.41) is 0. The van der Waals surface area contributed by atoms with Crippen LogP contribution in [0.25, 0.3) is 0 Å². The van der Waals surface area contributed by atoms with Crippen LogP contribution in [0.15, 0.2) is 42.9 Å². The summed E-state index contributed by atoms with van der Waals surface area (Å²) in [5.74, 6) is 0.595. The van der Waals surface area contributed by atoms with Crippen LogP contribution < -0.4 is 0 Å². The van der Waals surface area contributed by atoms with Gasteiger partial charge in [-0.1, -0.05) is 30.3 Å². The fourth-order valence-corrected chi connectivity index (χ4v) is 2.60. The molecule has 18 heavy (non-hydrogen) atoms. The molecule has 1 unspecified atom stereocenters. The van der Waals surface area contributed by atoms with Gasteiger partial charge in [-0.3, -0.25) is 0 Å². The van der Waals surface area contributed by atoms with Crippen LogP contribution in [0, 0.1) is 0 Å². The summed E-state index contributed by atoms with van der Waals surface area (Å²) < 4.78 is 10.8. The van der Waals surface area contributed by atoms with Gasteiger partial charge >= 0.3 is 6.41 Å². The Morgan fingerprint density at radius 2 is 1.78 bits per heavy atom. The van der Waals surface area contributed by atoms with E-state index < -0.39 is 0 Å². The third kappa shape index (κ3) is 2.79. The van der Waals surface area contributed by atoms with Crippen molar-refractivity contribution in [2.45, 2.75) is 25.2 Å². The zero-order valence-electron chi connectivity index (χ0n) is 10.2. The molecule has 0 aromatic heterocycles. The molecular formula is C14H18ClNO2. The molecule has 1 aromatic rings. The van der Waals surface area contributed by atoms with Gasteiger partial charge in [0.15, 0.2) is 0 Å². The standard InChI is InChI=1S/C14H17NO2.ClH/c1-2-5-12(6-3-1)13-7-4-8-15(11-13)14-16-9-10-17-14;/h1-3,5-6,9-10,13-14H,4,7-8,11H2;1H. The molecule has 2 aliphatic rings. The van der Waals surface area contributed by atoms with Crippen LogP contribution in [0.5, 0.6) is 0 Å². The number of benzene rings is 1. The van der Waals surface area contributed by atoms with Gasteiger partial charge in [-0.15, -0.1) is 12.4 Å². The molecule has 1 saturated heterocycles. The zero-order chi connectivity index (χ0) is 11.5. The SMILES string of the molecule is C1=COC(N2CCCC(c3ccccc3)C2)O1.Cl. The molecule has 1 aromatic carbocycles. The summed E-state index contributed by atoms with van der Waals surface area (Å²) in [6.07, 6.45) is 5.48. The zero-order valence-corrected chi connectivity index (χ0v) is 11.0. The predicted octanol–water partition coefficient (Wildman–Crippen LogP) is 3.09. The van der Waals surface area contributed by atoms with Crippen molar-refractivity contribution in [1.29, 1.82) is 0 Å². The molecule has 3 nitrogen and oxygen atoms in total. The van der Waals surface area contributed by atoms with E-state index in [0.29, 0.717) is 5.92 Å². The Bertz CT molecular complexity index is 388. The molecule has 4 heteroatoms. The number of halogens is 1. The van der Waals surface area contributed by atoms with E-state index in [4.69, 9.17) is 9.47 Å². The number of likely N-dealkylation sites (tertiary alicyclic amines) is 1. The first-order valence-corrected chi connectivity index (χ1v) is 6.18. The van der Waals surface area contributed by atoms with Gasteiger partial charge < -0.3 is 9.47 Å². The van der Waals surface area contributed by atoms with Gasteiger partial charge in [0.05, 0.1) is 0 Å². The van der Waals surface area contributed by atoms with Gasteiger partial charge in [-0.25, -0.2) is 4.90 Å². The highest BCUT2D eigenvalue weighted by molar-refractivity contribution is 5.85. The lowest BCUT2D eigenvalue weighted by Gasteiger charge is -2.34. The second-order valence-electron chi connectivity index (χ2n) is 4.60. The van der Waals surface area contributed by atoms with Crippen molar-refractivity contribution in [1.82, 2.24) is 4.90 Å². The second kappa shape index (κ2) is 6.12. The van der Waals surface area contributed by atoms with Crippen LogP contribution >= 0.6 is 12.4 Å². The Kier molecular flexibility index (Phi) is 4.50. The Hall–Kier alpha value is -1.19. The van der Waals surface area contributed by atoms with E-state index in [2.05, 4.69) is 35.2 Å². The van der Waals surface area contributed by atoms with Crippen molar-refractivity contribution in [3.8, 4) is 0 Å². The van der Waals surface area contributed by atoms with E-state index in [-0.39, 0.29) is 18.8 Å². The van der Waals surface area contributed by atoms with Crippen molar-refractivity contribution in [3.63, 3.8) is 0 Å². The van der Waals surface area contributed by atoms with Crippen LogP contribution in [0.2, 0.25) is 0 Å². The van der Waals surface area contributed by atoms with Gasteiger partial charge in [-0.05, 0) is 24.3 Å². The molecule has 0 radical (unpaired) electrons. The Balaban J connectivity index is 0.00000120. The Labute approximate surface area is 114 Å². The summed E-state index contributed by atoms with van der Waals surface area (Å²) >= 11 is 0. The summed E-state index contributed by atoms with van der Waals surface area (Å²) in [4.78, 5) is 2.27. The van der Waals surface area contributed by atoms with Gasteiger partial charge in [0, 0.05) is 13.1 Å². The van der Waals surface area contributed by atoms with E-state index >= 15 is 0 Å². The molecule has 2 heterocycles. The van der Waals surface area contributed by atoms with E-state index in [1.54, 1.807) is 12.5 Å². The average Bonchev–Trinajstić information content (AvgIpc) is 2.94. The highest BCUT2D eigenvalue weighted by Gasteiger charge is 2.29. The lowest BCUT2D eigenvalue weighted by Crippen LogP contribution is -2.42. The highest BCUT2D eigenvalue weighted by Crippen LogP contribution is 2.28. The van der Waals surface area contributed by atoms with Crippen molar-refractivity contribution in [3.05, 3.63) is 48.4 Å². The Morgan fingerprint density at radius 3 is 2.50 bits per heavy atom. The summed E-state index contributed by atoms with van der Waals surface area (Å²) in [6.45, 7) is 2.06. The highest BCUT2D eigenvalue weighted by atomic mass is 35.5. The molecule has 0 amide bonds. The average molecular weight is 268 g/mol. The normalized spacial score (nSPS) is 24.1. The Morgan fingerprint density at radius 1 is 1.06 bits per heavy atom. The van der Waals surface area contributed by atoms with Gasteiger partial charge in [0.1, 0.15) is 12.5 Å². The number of ether oxygens (including phenoxy) is 2. The maximum atomic E-state index is 5.40. The maximum Gasteiger partial charge on any atom is 0.303 e. The number of nitrogens with zero attached hydrogens (tertiary/aromatic N) is 1. The molecule has 1 fully saturated rings. The molecule has 0 bridgehead atoms. The predicted molar refractivity (Wildman–Crippen MR) is 72.3 cm³/mol. The van der Waals surface area contributed by atoms with E-state index in [1.807, 2.05) is 0 Å². The van der Waals surface area contributed by atoms with Crippen LogP contribution in [0.4, 0.5) is 0 Å². The molecule has 0 saturated carbocycles. The summed E-state index contributed by atoms with van der Waals surface area (Å²) in [5.41, 5.74) is 1.42. The van der Waals surface area contributed by atoms with Crippen LogP contribution in [0.1, 0.15) is 24.3 Å². The fraction of sp³-hybridized carbons (Fsp3) is 0.429. The summed E-state index contributed by atoms with van der Waals surface area (Å²) in [7, 11) is 0. The van der Waals surface area contributed by atoms with Gasteiger partial charge in [0.25, 0.3) is 0 Å². The lowest BCUT2D eigenvalue weighted by atomic mass is 9.91. The third-order valence-corrected chi connectivity index (χ3v) is 3.47. The number of hydrogen-bond donors (Lipinski definition) is 0. The number of rotatable bonds is 2. The van der Waals surface area contributed by atoms with Crippen molar-refractivity contribution < 1.29 is 9.47 Å².